The zero-order chi connectivity index (χ0) is 11.4. The van der Waals surface area contributed by atoms with Crippen molar-refractivity contribution >= 4 is 5.91 Å². The van der Waals surface area contributed by atoms with Gasteiger partial charge in [-0.15, -0.1) is 0 Å². The molecule has 88 valence electrons. The van der Waals surface area contributed by atoms with E-state index >= 15 is 0 Å². The summed E-state index contributed by atoms with van der Waals surface area (Å²) in [4.78, 5) is 14.0. The number of likely N-dealkylation sites (N-methyl/N-ethyl adjacent to an activating group) is 1. The fraction of sp³-hybridized carbons (Fsp3) is 0.917. The summed E-state index contributed by atoms with van der Waals surface area (Å²) in [6.45, 7) is 7.42. The van der Waals surface area contributed by atoms with Crippen molar-refractivity contribution in [1.82, 2.24) is 10.2 Å². The Hall–Kier alpha value is -0.570. The van der Waals surface area contributed by atoms with E-state index in [0.717, 1.165) is 19.4 Å². The first-order valence-electron chi connectivity index (χ1n) is 6.06. The number of amides is 1. The molecule has 0 aromatic heterocycles. The molecule has 1 aliphatic rings. The Bertz CT molecular complexity index is 218. The number of nitrogens with one attached hydrogen (secondary N) is 1. The monoisotopic (exact) mass is 212 g/mol. The minimum Gasteiger partial charge on any atom is -0.342 e. The lowest BCUT2D eigenvalue weighted by Crippen LogP contribution is -2.50. The van der Waals surface area contributed by atoms with Crippen molar-refractivity contribution in [3.8, 4) is 0 Å². The molecule has 0 radical (unpaired) electrons. The van der Waals surface area contributed by atoms with Crippen LogP contribution < -0.4 is 5.32 Å². The van der Waals surface area contributed by atoms with Gasteiger partial charge in [-0.1, -0.05) is 13.8 Å². The summed E-state index contributed by atoms with van der Waals surface area (Å²) < 4.78 is 0. The molecule has 0 aromatic carbocycles. The molecule has 1 amide bonds. The van der Waals surface area contributed by atoms with Gasteiger partial charge in [0.1, 0.15) is 0 Å². The van der Waals surface area contributed by atoms with Gasteiger partial charge in [-0.25, -0.2) is 0 Å². The van der Waals surface area contributed by atoms with Gasteiger partial charge in [-0.05, 0) is 38.6 Å². The van der Waals surface area contributed by atoms with Crippen LogP contribution in [0, 0.1) is 5.92 Å². The summed E-state index contributed by atoms with van der Waals surface area (Å²) >= 11 is 0. The topological polar surface area (TPSA) is 32.3 Å². The lowest BCUT2D eigenvalue weighted by atomic mass is 9.93. The van der Waals surface area contributed by atoms with E-state index in [2.05, 4.69) is 26.1 Å². The van der Waals surface area contributed by atoms with Gasteiger partial charge >= 0.3 is 0 Å². The fourth-order valence-electron chi connectivity index (χ4n) is 2.03. The van der Waals surface area contributed by atoms with Crippen molar-refractivity contribution in [3.63, 3.8) is 0 Å². The minimum absolute atomic E-state index is 0.0488. The average Bonchev–Trinajstić information content (AvgIpc) is 2.26. The molecule has 3 atom stereocenters. The molecule has 1 heterocycles. The van der Waals surface area contributed by atoms with Crippen molar-refractivity contribution < 1.29 is 4.79 Å². The van der Waals surface area contributed by atoms with Crippen molar-refractivity contribution in [3.05, 3.63) is 0 Å². The van der Waals surface area contributed by atoms with Crippen LogP contribution >= 0.6 is 0 Å². The van der Waals surface area contributed by atoms with Crippen LogP contribution in [0.3, 0.4) is 0 Å². The molecule has 1 aliphatic heterocycles. The Morgan fingerprint density at radius 3 is 2.80 bits per heavy atom. The van der Waals surface area contributed by atoms with Gasteiger partial charge in [-0.3, -0.25) is 4.79 Å². The third-order valence-corrected chi connectivity index (χ3v) is 3.56. The van der Waals surface area contributed by atoms with Crippen molar-refractivity contribution in [1.29, 1.82) is 0 Å². The van der Waals surface area contributed by atoms with Crippen molar-refractivity contribution in [2.75, 3.05) is 13.6 Å². The zero-order valence-electron chi connectivity index (χ0n) is 10.4. The highest BCUT2D eigenvalue weighted by Gasteiger charge is 2.28. The summed E-state index contributed by atoms with van der Waals surface area (Å²) in [5.41, 5.74) is 0. The van der Waals surface area contributed by atoms with E-state index in [-0.39, 0.29) is 11.9 Å². The van der Waals surface area contributed by atoms with Crippen LogP contribution in [-0.2, 0) is 4.79 Å². The fourth-order valence-corrected chi connectivity index (χ4v) is 2.03. The SMILES string of the molecule is CCC(C)N(C)C(=O)C1CC(C)CCN1. The normalized spacial score (nSPS) is 28.5. The Morgan fingerprint density at radius 2 is 2.27 bits per heavy atom. The summed E-state index contributed by atoms with van der Waals surface area (Å²) in [6.07, 6.45) is 3.20. The van der Waals surface area contributed by atoms with E-state index in [0.29, 0.717) is 12.0 Å². The lowest BCUT2D eigenvalue weighted by Gasteiger charge is -2.33. The maximum Gasteiger partial charge on any atom is 0.239 e. The molecule has 1 rings (SSSR count). The molecule has 3 unspecified atom stereocenters. The second kappa shape index (κ2) is 5.50. The average molecular weight is 212 g/mol. The molecule has 15 heavy (non-hydrogen) atoms. The van der Waals surface area contributed by atoms with Crippen LogP contribution in [0.5, 0.6) is 0 Å². The predicted octanol–water partition coefficient (Wildman–Crippen LogP) is 1.63. The Balaban J connectivity index is 2.51. The first kappa shape index (κ1) is 12.5. The lowest BCUT2D eigenvalue weighted by molar-refractivity contribution is -0.134. The highest BCUT2D eigenvalue weighted by atomic mass is 16.2. The second-order valence-electron chi connectivity index (χ2n) is 4.84. The van der Waals surface area contributed by atoms with E-state index in [4.69, 9.17) is 0 Å². The molecule has 3 heteroatoms. The van der Waals surface area contributed by atoms with E-state index in [1.807, 2.05) is 11.9 Å². The first-order valence-corrected chi connectivity index (χ1v) is 6.06. The molecule has 0 aromatic rings. The molecule has 3 nitrogen and oxygen atoms in total. The maximum atomic E-state index is 12.1. The van der Waals surface area contributed by atoms with E-state index in [1.165, 1.54) is 6.42 Å². The number of piperidine rings is 1. The molecular formula is C12H24N2O. The second-order valence-corrected chi connectivity index (χ2v) is 4.84. The molecule has 0 saturated carbocycles. The van der Waals surface area contributed by atoms with Crippen LogP contribution in [0.1, 0.15) is 40.0 Å². The van der Waals surface area contributed by atoms with Crippen LogP contribution in [0.4, 0.5) is 0 Å². The third-order valence-electron chi connectivity index (χ3n) is 3.56. The van der Waals surface area contributed by atoms with Gasteiger partial charge < -0.3 is 10.2 Å². The van der Waals surface area contributed by atoms with E-state index < -0.39 is 0 Å². The quantitative estimate of drug-likeness (QED) is 0.771. The highest BCUT2D eigenvalue weighted by Crippen LogP contribution is 2.17. The van der Waals surface area contributed by atoms with E-state index in [9.17, 15) is 4.79 Å². The molecule has 0 bridgehead atoms. The Morgan fingerprint density at radius 1 is 1.60 bits per heavy atom. The molecule has 0 spiro atoms. The summed E-state index contributed by atoms with van der Waals surface area (Å²) in [7, 11) is 1.91. The number of hydrogen-bond donors (Lipinski definition) is 1. The van der Waals surface area contributed by atoms with Crippen molar-refractivity contribution in [2.24, 2.45) is 5.92 Å². The Kier molecular flexibility index (Phi) is 4.58. The van der Waals surface area contributed by atoms with Gasteiger partial charge in [-0.2, -0.15) is 0 Å². The van der Waals surface area contributed by atoms with Crippen LogP contribution in [-0.4, -0.2) is 36.5 Å². The van der Waals surface area contributed by atoms with Crippen LogP contribution in [0.15, 0.2) is 0 Å². The van der Waals surface area contributed by atoms with Gasteiger partial charge in [0.05, 0.1) is 6.04 Å². The number of rotatable bonds is 3. The molecule has 1 fully saturated rings. The van der Waals surface area contributed by atoms with Gasteiger partial charge in [0, 0.05) is 13.1 Å². The van der Waals surface area contributed by atoms with Gasteiger partial charge in [0.2, 0.25) is 5.91 Å². The summed E-state index contributed by atoms with van der Waals surface area (Å²) in [5.74, 6) is 0.932. The number of carbonyl (C=O) groups excluding carboxylic acids is 1. The molecule has 1 saturated heterocycles. The number of hydrogen-bond acceptors (Lipinski definition) is 2. The minimum atomic E-state index is 0.0488. The highest BCUT2D eigenvalue weighted by molar-refractivity contribution is 5.82. The zero-order valence-corrected chi connectivity index (χ0v) is 10.4. The Labute approximate surface area is 93.2 Å². The molecular weight excluding hydrogens is 188 g/mol. The molecule has 0 aliphatic carbocycles. The van der Waals surface area contributed by atoms with E-state index in [1.54, 1.807) is 0 Å². The third kappa shape index (κ3) is 3.20. The smallest absolute Gasteiger partial charge is 0.239 e. The number of nitrogens with zero attached hydrogens (tertiary/aromatic N) is 1. The molecule has 1 N–H and O–H groups in total. The predicted molar refractivity (Wildman–Crippen MR) is 62.7 cm³/mol. The summed E-state index contributed by atoms with van der Waals surface area (Å²) in [5, 5.41) is 3.32. The largest absolute Gasteiger partial charge is 0.342 e. The van der Waals surface area contributed by atoms with Crippen LogP contribution in [0.25, 0.3) is 0 Å². The van der Waals surface area contributed by atoms with Crippen molar-refractivity contribution in [2.45, 2.75) is 52.1 Å². The maximum absolute atomic E-state index is 12.1. The first-order chi connectivity index (χ1) is 7.06. The summed E-state index contributed by atoms with van der Waals surface area (Å²) in [6, 6.07) is 0.393. The number of carbonyl (C=O) groups is 1. The standard InChI is InChI=1S/C12H24N2O/c1-5-10(3)14(4)12(15)11-8-9(2)6-7-13-11/h9-11,13H,5-8H2,1-4H3. The van der Waals surface area contributed by atoms with Crippen LogP contribution in [0.2, 0.25) is 0 Å². The van der Waals surface area contributed by atoms with Gasteiger partial charge in [0.25, 0.3) is 0 Å². The van der Waals surface area contributed by atoms with Gasteiger partial charge in [0.15, 0.2) is 0 Å².